The summed E-state index contributed by atoms with van der Waals surface area (Å²) in [7, 11) is 5.62. The lowest BCUT2D eigenvalue weighted by Gasteiger charge is -2.36. The van der Waals surface area contributed by atoms with Crippen LogP contribution in [0.5, 0.6) is 5.75 Å². The number of nitrogens with zero attached hydrogens (tertiary/aromatic N) is 2. The summed E-state index contributed by atoms with van der Waals surface area (Å²) in [6, 6.07) is 16.0. The first kappa shape index (κ1) is 24.5. The minimum absolute atomic E-state index is 0. The lowest BCUT2D eigenvalue weighted by atomic mass is 10.0. The first-order valence-corrected chi connectivity index (χ1v) is 10.8. The third kappa shape index (κ3) is 5.11. The molecular formula is C23H31ClN2O3S. The third-order valence-electron chi connectivity index (χ3n) is 5.12. The smallest absolute Gasteiger partial charge is 0.259 e. The summed E-state index contributed by atoms with van der Waals surface area (Å²) in [6.45, 7) is 5.99. The molecule has 0 N–H and O–H groups in total. The van der Waals surface area contributed by atoms with Crippen molar-refractivity contribution in [2.45, 2.75) is 49.3 Å². The summed E-state index contributed by atoms with van der Waals surface area (Å²) < 4.78 is 11.5. The van der Waals surface area contributed by atoms with Gasteiger partial charge in [0.15, 0.2) is 6.10 Å². The number of thioether (sulfide) groups is 1. The van der Waals surface area contributed by atoms with Crippen LogP contribution in [0.15, 0.2) is 53.4 Å². The van der Waals surface area contributed by atoms with E-state index in [4.69, 9.17) is 9.47 Å². The van der Waals surface area contributed by atoms with Gasteiger partial charge in [0.1, 0.15) is 5.75 Å². The largest absolute Gasteiger partial charge is 0.497 e. The molecule has 0 fully saturated rings. The second-order valence-corrected chi connectivity index (χ2v) is 8.87. The van der Waals surface area contributed by atoms with Crippen molar-refractivity contribution in [3.05, 3.63) is 54.1 Å². The van der Waals surface area contributed by atoms with Gasteiger partial charge in [-0.2, -0.15) is 0 Å². The second-order valence-electron chi connectivity index (χ2n) is 7.69. The van der Waals surface area contributed by atoms with Crippen LogP contribution in [-0.4, -0.2) is 50.4 Å². The third-order valence-corrected chi connectivity index (χ3v) is 6.49. The van der Waals surface area contributed by atoms with E-state index in [-0.39, 0.29) is 35.8 Å². The Bertz CT molecular complexity index is 845. The normalized spacial score (nSPS) is 19.9. The molecular weight excluding hydrogens is 420 g/mol. The fourth-order valence-electron chi connectivity index (χ4n) is 3.42. The fraction of sp³-hybridized carbons (Fsp3) is 0.435. The molecule has 3 rings (SSSR count). The summed E-state index contributed by atoms with van der Waals surface area (Å²) in [6.07, 6.45) is -0.761. The Hall–Kier alpha value is -1.73. The number of carbonyl (C=O) groups is 1. The van der Waals surface area contributed by atoms with Gasteiger partial charge in [-0.1, -0.05) is 24.3 Å². The molecule has 0 aromatic heterocycles. The molecule has 2 aromatic rings. The van der Waals surface area contributed by atoms with Crippen molar-refractivity contribution >= 4 is 35.8 Å². The van der Waals surface area contributed by atoms with Gasteiger partial charge in [-0.15, -0.1) is 24.2 Å². The predicted octanol–water partition coefficient (Wildman–Crippen LogP) is 5.00. The molecule has 1 aliphatic rings. The van der Waals surface area contributed by atoms with Gasteiger partial charge in [0.25, 0.3) is 5.91 Å². The number of hydrogen-bond acceptors (Lipinski definition) is 5. The number of fused-ring (bicyclic) bond motifs is 1. The molecule has 1 amide bonds. The minimum Gasteiger partial charge on any atom is -0.497 e. The Morgan fingerprint density at radius 1 is 1.03 bits per heavy atom. The predicted molar refractivity (Wildman–Crippen MR) is 126 cm³/mol. The number of halogens is 1. The zero-order valence-electron chi connectivity index (χ0n) is 18.4. The van der Waals surface area contributed by atoms with Crippen molar-refractivity contribution in [2.24, 2.45) is 0 Å². The minimum atomic E-state index is -0.594. The highest BCUT2D eigenvalue weighted by Crippen LogP contribution is 2.47. The van der Waals surface area contributed by atoms with Crippen LogP contribution in [0.1, 0.15) is 31.6 Å². The summed E-state index contributed by atoms with van der Waals surface area (Å²) in [4.78, 5) is 18.8. The number of hydrogen-bond donors (Lipinski definition) is 0. The maximum absolute atomic E-state index is 13.8. The van der Waals surface area contributed by atoms with Gasteiger partial charge in [-0.3, -0.25) is 14.6 Å². The lowest BCUT2D eigenvalue weighted by molar-refractivity contribution is -0.134. The van der Waals surface area contributed by atoms with Gasteiger partial charge in [-0.05, 0) is 64.7 Å². The van der Waals surface area contributed by atoms with E-state index in [1.807, 2.05) is 87.1 Å². The maximum atomic E-state index is 13.8. The van der Waals surface area contributed by atoms with Gasteiger partial charge in [0.2, 0.25) is 0 Å². The number of anilines is 1. The van der Waals surface area contributed by atoms with E-state index in [9.17, 15) is 4.79 Å². The Morgan fingerprint density at radius 3 is 2.23 bits per heavy atom. The van der Waals surface area contributed by atoms with E-state index in [1.54, 1.807) is 18.9 Å². The molecule has 2 aromatic carbocycles. The average Bonchev–Trinajstić information content (AvgIpc) is 2.82. The summed E-state index contributed by atoms with van der Waals surface area (Å²) in [5.41, 5.74) is 1.97. The quantitative estimate of drug-likeness (QED) is 0.619. The van der Waals surface area contributed by atoms with Gasteiger partial charge in [0.05, 0.1) is 30.3 Å². The number of para-hydroxylation sites is 1. The Morgan fingerprint density at radius 2 is 1.67 bits per heavy atom. The van der Waals surface area contributed by atoms with E-state index >= 15 is 0 Å². The van der Waals surface area contributed by atoms with Crippen LogP contribution >= 0.6 is 24.2 Å². The van der Waals surface area contributed by atoms with E-state index in [0.29, 0.717) is 0 Å². The van der Waals surface area contributed by atoms with Crippen molar-refractivity contribution in [3.63, 3.8) is 0 Å². The molecule has 5 nitrogen and oxygen atoms in total. The number of benzene rings is 2. The highest BCUT2D eigenvalue weighted by Gasteiger charge is 2.41. The Labute approximate surface area is 190 Å². The molecule has 3 atom stereocenters. The zero-order chi connectivity index (χ0) is 21.1. The summed E-state index contributed by atoms with van der Waals surface area (Å²) >= 11 is 1.68. The van der Waals surface area contributed by atoms with Crippen LogP contribution < -0.4 is 9.64 Å². The lowest BCUT2D eigenvalue weighted by Crippen LogP contribution is -2.51. The van der Waals surface area contributed by atoms with E-state index < -0.39 is 6.10 Å². The second kappa shape index (κ2) is 10.5. The van der Waals surface area contributed by atoms with Crippen LogP contribution in [-0.2, 0) is 9.53 Å². The summed E-state index contributed by atoms with van der Waals surface area (Å²) in [5.74, 6) is 0.779. The van der Waals surface area contributed by atoms with Crippen molar-refractivity contribution in [1.82, 2.24) is 4.90 Å². The number of carbonyl (C=O) groups excluding carboxylic acids is 1. The topological polar surface area (TPSA) is 42.0 Å². The van der Waals surface area contributed by atoms with Crippen molar-refractivity contribution in [1.29, 1.82) is 0 Å². The van der Waals surface area contributed by atoms with Crippen LogP contribution in [0.4, 0.5) is 5.69 Å². The van der Waals surface area contributed by atoms with Crippen LogP contribution in [0.25, 0.3) is 0 Å². The van der Waals surface area contributed by atoms with Crippen molar-refractivity contribution < 1.29 is 14.3 Å². The van der Waals surface area contributed by atoms with Gasteiger partial charge < -0.3 is 9.47 Å². The maximum Gasteiger partial charge on any atom is 0.259 e. The molecule has 1 aliphatic heterocycles. The summed E-state index contributed by atoms with van der Waals surface area (Å²) in [5, 5.41) is -0.156. The molecule has 0 saturated heterocycles. The molecule has 164 valence electrons. The van der Waals surface area contributed by atoms with Gasteiger partial charge >= 0.3 is 0 Å². The first-order valence-electron chi connectivity index (χ1n) is 9.88. The number of methoxy groups -OCH3 is 1. The molecule has 0 radical (unpaired) electrons. The molecule has 1 unspecified atom stereocenters. The molecule has 0 bridgehead atoms. The number of rotatable bonds is 6. The van der Waals surface area contributed by atoms with Crippen LogP contribution in [0, 0.1) is 0 Å². The zero-order valence-corrected chi connectivity index (χ0v) is 20.0. The number of amides is 1. The van der Waals surface area contributed by atoms with E-state index in [1.165, 1.54) is 0 Å². The SMILES string of the molecule is COc1ccc([C@@H]2Sc3ccccc3N(C(C)N(C)C)C(=O)[C@@H]2OC(C)C)cc1.Cl. The molecule has 0 saturated carbocycles. The van der Waals surface area contributed by atoms with Crippen molar-refractivity contribution in [2.75, 3.05) is 26.1 Å². The van der Waals surface area contributed by atoms with E-state index in [0.717, 1.165) is 21.9 Å². The highest BCUT2D eigenvalue weighted by atomic mass is 35.5. The van der Waals surface area contributed by atoms with Gasteiger partial charge in [0, 0.05) is 4.90 Å². The Balaban J connectivity index is 0.00000320. The molecule has 0 spiro atoms. The molecule has 1 heterocycles. The van der Waals surface area contributed by atoms with Gasteiger partial charge in [-0.25, -0.2) is 0 Å². The monoisotopic (exact) mass is 450 g/mol. The Kier molecular flexibility index (Phi) is 8.62. The van der Waals surface area contributed by atoms with Crippen molar-refractivity contribution in [3.8, 4) is 5.75 Å². The standard InChI is InChI=1S/C23H30N2O3S.ClH/c1-15(2)28-21-22(17-11-13-18(27-6)14-12-17)29-20-10-8-7-9-19(20)25(23(21)26)16(3)24(4)5;/h7-16,21-22H,1-6H3;1H/t16?,21-,22+;/m1./s1. The fourth-order valence-corrected chi connectivity index (χ4v) is 4.73. The molecule has 0 aliphatic carbocycles. The van der Waals surface area contributed by atoms with Crippen LogP contribution in [0.2, 0.25) is 0 Å². The van der Waals surface area contributed by atoms with E-state index in [2.05, 4.69) is 6.07 Å². The molecule has 7 heteroatoms. The highest BCUT2D eigenvalue weighted by molar-refractivity contribution is 7.99. The van der Waals surface area contributed by atoms with Crippen LogP contribution in [0.3, 0.4) is 0 Å². The number of ether oxygens (including phenoxy) is 2. The average molecular weight is 451 g/mol. The molecule has 30 heavy (non-hydrogen) atoms. The first-order chi connectivity index (χ1) is 13.8.